The molecule has 200 valence electrons. The zero-order valence-corrected chi connectivity index (χ0v) is 24.2. The minimum atomic E-state index is 0.993. The van der Waals surface area contributed by atoms with Gasteiger partial charge in [0.1, 0.15) is 0 Å². The van der Waals surface area contributed by atoms with Gasteiger partial charge in [-0.3, -0.25) is 0 Å². The summed E-state index contributed by atoms with van der Waals surface area (Å²) < 4.78 is 5.11. The summed E-state index contributed by atoms with van der Waals surface area (Å²) in [6.45, 7) is 0. The molecule has 0 unspecified atom stereocenters. The first-order chi connectivity index (χ1) is 21.3. The number of hydrogen-bond donors (Lipinski definition) is 0. The predicted octanol–water partition coefficient (Wildman–Crippen LogP) is 11.5. The van der Waals surface area contributed by atoms with E-state index in [9.17, 15) is 0 Å². The number of benzene rings is 7. The van der Waals surface area contributed by atoms with Gasteiger partial charge in [0, 0.05) is 36.6 Å². The Balaban J connectivity index is 1.16. The third-order valence-corrected chi connectivity index (χ3v) is 10.5. The molecule has 1 aliphatic carbocycles. The monoisotopic (exact) mass is 563 g/mol. The van der Waals surface area contributed by atoms with E-state index in [1.165, 1.54) is 91.8 Å². The maximum Gasteiger partial charge on any atom is 0.0541 e. The van der Waals surface area contributed by atoms with Crippen molar-refractivity contribution < 1.29 is 0 Å². The van der Waals surface area contributed by atoms with Gasteiger partial charge in [0.05, 0.1) is 11.0 Å². The van der Waals surface area contributed by atoms with E-state index in [0.717, 1.165) is 6.42 Å². The summed E-state index contributed by atoms with van der Waals surface area (Å²) >= 11 is 1.90. The third-order valence-electron chi connectivity index (χ3n) is 9.38. The first kappa shape index (κ1) is 23.4. The van der Waals surface area contributed by atoms with E-state index in [1.807, 2.05) is 11.3 Å². The van der Waals surface area contributed by atoms with Gasteiger partial charge >= 0.3 is 0 Å². The lowest BCUT2D eigenvalue weighted by Crippen LogP contribution is -1.92. The van der Waals surface area contributed by atoms with Crippen molar-refractivity contribution in [3.63, 3.8) is 0 Å². The van der Waals surface area contributed by atoms with Crippen LogP contribution in [0.15, 0.2) is 140 Å². The number of para-hydroxylation sites is 2. The van der Waals surface area contributed by atoms with Gasteiger partial charge in [-0.15, -0.1) is 11.3 Å². The average Bonchev–Trinajstić information content (AvgIpc) is 3.72. The molecular formula is C41H25NS. The fourth-order valence-corrected chi connectivity index (χ4v) is 8.54. The maximum absolute atomic E-state index is 2.47. The van der Waals surface area contributed by atoms with Crippen LogP contribution in [-0.4, -0.2) is 4.57 Å². The van der Waals surface area contributed by atoms with Gasteiger partial charge in [-0.1, -0.05) is 84.9 Å². The quantitative estimate of drug-likeness (QED) is 0.197. The Bertz CT molecular complexity index is 2580. The maximum atomic E-state index is 2.47. The van der Waals surface area contributed by atoms with E-state index in [-0.39, 0.29) is 0 Å². The molecule has 0 bridgehead atoms. The molecular weight excluding hydrogens is 539 g/mol. The van der Waals surface area contributed by atoms with Crippen LogP contribution in [0.1, 0.15) is 11.1 Å². The molecule has 0 saturated carbocycles. The number of thiophene rings is 1. The lowest BCUT2D eigenvalue weighted by atomic mass is 9.95. The van der Waals surface area contributed by atoms with Crippen molar-refractivity contribution in [2.75, 3.05) is 0 Å². The molecule has 0 radical (unpaired) electrons. The van der Waals surface area contributed by atoms with Crippen LogP contribution in [0.4, 0.5) is 0 Å². The molecule has 2 heteroatoms. The molecule has 2 aromatic heterocycles. The van der Waals surface area contributed by atoms with E-state index in [1.54, 1.807) is 0 Å². The summed E-state index contributed by atoms with van der Waals surface area (Å²) in [5.74, 6) is 0. The summed E-state index contributed by atoms with van der Waals surface area (Å²) in [6, 6.07) is 51.8. The Kier molecular flexibility index (Phi) is 4.72. The molecule has 7 aromatic carbocycles. The molecule has 0 amide bonds. The lowest BCUT2D eigenvalue weighted by Gasteiger charge is -2.10. The van der Waals surface area contributed by atoms with Crippen LogP contribution in [0.25, 0.3) is 80.7 Å². The average molecular weight is 564 g/mol. The minimum absolute atomic E-state index is 0.993. The first-order valence-electron chi connectivity index (χ1n) is 14.9. The lowest BCUT2D eigenvalue weighted by molar-refractivity contribution is 1.18. The molecule has 1 nitrogen and oxygen atoms in total. The molecule has 0 spiro atoms. The van der Waals surface area contributed by atoms with Gasteiger partial charge < -0.3 is 4.57 Å². The predicted molar refractivity (Wildman–Crippen MR) is 185 cm³/mol. The van der Waals surface area contributed by atoms with Crippen molar-refractivity contribution in [3.05, 3.63) is 151 Å². The van der Waals surface area contributed by atoms with Crippen LogP contribution in [0.5, 0.6) is 0 Å². The highest BCUT2D eigenvalue weighted by Gasteiger charge is 2.22. The molecule has 2 heterocycles. The number of rotatable bonds is 2. The Morgan fingerprint density at radius 2 is 1.21 bits per heavy atom. The van der Waals surface area contributed by atoms with Crippen molar-refractivity contribution in [2.24, 2.45) is 0 Å². The molecule has 0 saturated heterocycles. The van der Waals surface area contributed by atoms with Gasteiger partial charge in [-0.25, -0.2) is 0 Å². The number of nitrogens with zero attached hydrogens (tertiary/aromatic N) is 1. The second-order valence-corrected chi connectivity index (χ2v) is 12.8. The van der Waals surface area contributed by atoms with E-state index < -0.39 is 0 Å². The summed E-state index contributed by atoms with van der Waals surface area (Å²) in [5, 5.41) is 8.03. The van der Waals surface area contributed by atoms with Crippen molar-refractivity contribution in [3.8, 4) is 27.9 Å². The molecule has 0 atom stereocenters. The summed E-state index contributed by atoms with van der Waals surface area (Å²) in [6.07, 6.45) is 0.993. The van der Waals surface area contributed by atoms with Crippen molar-refractivity contribution in [1.29, 1.82) is 0 Å². The van der Waals surface area contributed by atoms with Gasteiger partial charge in [-0.05, 0) is 105 Å². The smallest absolute Gasteiger partial charge is 0.0541 e. The second-order valence-electron chi connectivity index (χ2n) is 11.7. The largest absolute Gasteiger partial charge is 0.309 e. The molecule has 43 heavy (non-hydrogen) atoms. The normalized spacial score (nSPS) is 12.6. The molecule has 0 fully saturated rings. The topological polar surface area (TPSA) is 4.93 Å². The fraction of sp³-hybridized carbons (Fsp3) is 0.0244. The van der Waals surface area contributed by atoms with Crippen LogP contribution in [-0.2, 0) is 6.42 Å². The van der Waals surface area contributed by atoms with E-state index in [2.05, 4.69) is 144 Å². The van der Waals surface area contributed by atoms with E-state index in [4.69, 9.17) is 0 Å². The number of hydrogen-bond acceptors (Lipinski definition) is 1. The Morgan fingerprint density at radius 3 is 2.14 bits per heavy atom. The fourth-order valence-electron chi connectivity index (χ4n) is 7.41. The van der Waals surface area contributed by atoms with E-state index >= 15 is 0 Å². The summed E-state index contributed by atoms with van der Waals surface area (Å²) in [5.41, 5.74) is 11.8. The zero-order chi connectivity index (χ0) is 28.1. The molecule has 0 aliphatic heterocycles. The molecule has 9 aromatic rings. The Morgan fingerprint density at radius 1 is 0.465 bits per heavy atom. The zero-order valence-electron chi connectivity index (χ0n) is 23.3. The van der Waals surface area contributed by atoms with Crippen LogP contribution < -0.4 is 0 Å². The van der Waals surface area contributed by atoms with Crippen LogP contribution in [0, 0.1) is 0 Å². The highest BCUT2D eigenvalue weighted by molar-refractivity contribution is 7.26. The van der Waals surface area contributed by atoms with Crippen molar-refractivity contribution in [1.82, 2.24) is 4.57 Å². The van der Waals surface area contributed by atoms with Crippen LogP contribution in [0.3, 0.4) is 0 Å². The molecule has 0 N–H and O–H groups in total. The summed E-state index contributed by atoms with van der Waals surface area (Å²) in [7, 11) is 0. The molecule has 1 aliphatic rings. The van der Waals surface area contributed by atoms with Crippen LogP contribution in [0.2, 0.25) is 0 Å². The van der Waals surface area contributed by atoms with Crippen molar-refractivity contribution in [2.45, 2.75) is 6.42 Å². The first-order valence-corrected chi connectivity index (χ1v) is 15.7. The Hall–Kier alpha value is -5.18. The van der Waals surface area contributed by atoms with E-state index in [0.29, 0.717) is 0 Å². The standard InChI is InChI=1S/C41H25NS/c1-2-8-30(9-3-1)42-37-12-6-4-10-31(37)36-23-26(16-18-38(36)42)25-14-15-27-20-29-21-28-17-19-40-41(32-11-5-7-13-39(32)43-40)35(28)24-34(29)33(27)22-25/h1-19,21-24H,20H2. The highest BCUT2D eigenvalue weighted by Crippen LogP contribution is 2.45. The van der Waals surface area contributed by atoms with Crippen LogP contribution >= 0.6 is 11.3 Å². The third kappa shape index (κ3) is 3.33. The Labute approximate surface area is 252 Å². The number of fused-ring (bicyclic) bond motifs is 11. The van der Waals surface area contributed by atoms with Gasteiger partial charge in [-0.2, -0.15) is 0 Å². The highest BCUT2D eigenvalue weighted by atomic mass is 32.1. The molecule has 10 rings (SSSR count). The van der Waals surface area contributed by atoms with Crippen molar-refractivity contribution >= 4 is 64.1 Å². The van der Waals surface area contributed by atoms with Gasteiger partial charge in [0.25, 0.3) is 0 Å². The summed E-state index contributed by atoms with van der Waals surface area (Å²) in [4.78, 5) is 0. The second kappa shape index (κ2) is 8.67. The van der Waals surface area contributed by atoms with Gasteiger partial charge in [0.2, 0.25) is 0 Å². The van der Waals surface area contributed by atoms with Gasteiger partial charge in [0.15, 0.2) is 0 Å². The SMILES string of the molecule is c1ccc(-n2c3ccccc3c3cc(-c4ccc5c(c4)-c4cc6c(ccc7sc8ccccc8c76)cc4C5)ccc32)cc1. The number of aromatic nitrogens is 1. The minimum Gasteiger partial charge on any atom is -0.309 e.